The third-order valence-electron chi connectivity index (χ3n) is 20.0. The summed E-state index contributed by atoms with van der Waals surface area (Å²) >= 11 is 0. The molecule has 1 heteroatoms. The van der Waals surface area contributed by atoms with Gasteiger partial charge in [-0.3, -0.25) is 0 Å². The van der Waals surface area contributed by atoms with Gasteiger partial charge in [-0.1, -0.05) is 94.2 Å². The minimum absolute atomic E-state index is 0. The standard InChI is InChI=1S/3C17H26.O/c3*1-2-6-14-12(4-1)8-10-17-15-7-3-5-13(15)9-11-16(14)17;/h3*3,5,12-17H,1-2,4,6-11H2;/t3*12?,13-,14-,15+,16+,17-;/m000./s1. The Morgan fingerprint density at radius 1 is 0.231 bits per heavy atom. The number of rotatable bonds is 0. The highest BCUT2D eigenvalue weighted by Gasteiger charge is 2.50. The molecular weight excluding hydrogens is 629 g/mol. The smallest absolute Gasteiger partial charge is 0 e. The van der Waals surface area contributed by atoms with Gasteiger partial charge in [-0.05, 0) is 222 Å². The molecule has 0 aliphatic heterocycles. The molecule has 0 N–H and O–H groups in total. The molecule has 0 aromatic rings. The van der Waals surface area contributed by atoms with Crippen molar-refractivity contribution in [2.45, 2.75) is 173 Å². The highest BCUT2D eigenvalue weighted by molar-refractivity contribution is 5.11. The molecule has 288 valence electrons. The summed E-state index contributed by atoms with van der Waals surface area (Å²) in [5, 5.41) is 0. The molecule has 52 heavy (non-hydrogen) atoms. The Morgan fingerprint density at radius 3 is 0.827 bits per heavy atom. The second kappa shape index (κ2) is 16.3. The molecule has 12 rings (SSSR count). The maximum Gasteiger partial charge on any atom is 0 e. The zero-order valence-corrected chi connectivity index (χ0v) is 33.4. The third kappa shape index (κ3) is 6.95. The van der Waals surface area contributed by atoms with E-state index in [1.807, 2.05) is 0 Å². The second-order valence-corrected chi connectivity index (χ2v) is 21.5. The van der Waals surface area contributed by atoms with Crippen molar-refractivity contribution in [3.8, 4) is 0 Å². The molecule has 12 aliphatic rings. The van der Waals surface area contributed by atoms with Gasteiger partial charge < -0.3 is 0 Å². The summed E-state index contributed by atoms with van der Waals surface area (Å²) in [5.41, 5.74) is 0. The van der Waals surface area contributed by atoms with Gasteiger partial charge in [0.15, 0.2) is 0 Å². The van der Waals surface area contributed by atoms with E-state index in [4.69, 9.17) is 0 Å². The van der Waals surface area contributed by atoms with E-state index in [1.54, 1.807) is 96.3 Å². The molecule has 0 heterocycles. The lowest BCUT2D eigenvalue weighted by molar-refractivity contribution is -0.0139. The monoisotopic (exact) mass is 707 g/mol. The minimum atomic E-state index is 0. The molecule has 0 aromatic heterocycles. The van der Waals surface area contributed by atoms with Gasteiger partial charge in [-0.2, -0.15) is 0 Å². The largest absolute Gasteiger partial charge is 0.0879 e. The summed E-state index contributed by atoms with van der Waals surface area (Å²) in [7, 11) is 0. The van der Waals surface area contributed by atoms with Crippen LogP contribution in [0, 0.1) is 107 Å². The fourth-order valence-corrected chi connectivity index (χ4v) is 17.9. The van der Waals surface area contributed by atoms with Crippen molar-refractivity contribution in [2.24, 2.45) is 107 Å². The molecule has 0 aromatic carbocycles. The van der Waals surface area contributed by atoms with E-state index in [0.717, 1.165) is 107 Å². The summed E-state index contributed by atoms with van der Waals surface area (Å²) < 4.78 is 0. The van der Waals surface area contributed by atoms with Crippen LogP contribution in [0.1, 0.15) is 173 Å². The molecule has 2 radical (unpaired) electrons. The molecule has 0 spiro atoms. The lowest BCUT2D eigenvalue weighted by Gasteiger charge is -2.51. The number of fused-ring (bicyclic) bond motifs is 15. The summed E-state index contributed by atoms with van der Waals surface area (Å²) in [6.45, 7) is 0. The predicted octanol–water partition coefficient (Wildman–Crippen LogP) is 14.3. The Morgan fingerprint density at radius 2 is 0.500 bits per heavy atom. The highest BCUT2D eigenvalue weighted by Crippen LogP contribution is 2.59. The number of hydrogen-bond acceptors (Lipinski definition) is 0. The minimum Gasteiger partial charge on any atom is -0.0879 e. The van der Waals surface area contributed by atoms with Gasteiger partial charge in [-0.25, -0.2) is 0 Å². The average Bonchev–Trinajstić information content (AvgIpc) is 3.99. The van der Waals surface area contributed by atoms with Crippen LogP contribution in [-0.4, -0.2) is 0 Å². The summed E-state index contributed by atoms with van der Waals surface area (Å²) in [4.78, 5) is 0. The Kier molecular flexibility index (Phi) is 11.6. The van der Waals surface area contributed by atoms with Crippen LogP contribution >= 0.6 is 0 Å². The zero-order valence-electron chi connectivity index (χ0n) is 33.4. The van der Waals surface area contributed by atoms with E-state index in [-0.39, 0.29) is 5.48 Å². The molecule has 0 saturated heterocycles. The molecule has 1 nitrogen and oxygen atoms in total. The van der Waals surface area contributed by atoms with Gasteiger partial charge >= 0.3 is 0 Å². The molecule has 9 fully saturated rings. The first-order chi connectivity index (χ1) is 25.3. The van der Waals surface area contributed by atoms with Crippen molar-refractivity contribution in [1.29, 1.82) is 0 Å². The van der Waals surface area contributed by atoms with E-state index >= 15 is 0 Å². The molecule has 9 saturated carbocycles. The quantitative estimate of drug-likeness (QED) is 0.224. The third-order valence-corrected chi connectivity index (χ3v) is 20.0. The summed E-state index contributed by atoms with van der Waals surface area (Å²) in [5.74, 6) is 19.7. The van der Waals surface area contributed by atoms with E-state index in [2.05, 4.69) is 36.5 Å². The Bertz CT molecular complexity index is 1110. The van der Waals surface area contributed by atoms with Crippen LogP contribution in [0.25, 0.3) is 0 Å². The number of allylic oxidation sites excluding steroid dienone is 6. The molecule has 3 unspecified atom stereocenters. The van der Waals surface area contributed by atoms with Gasteiger partial charge in [-0.15, -0.1) is 0 Å². The lowest BCUT2D eigenvalue weighted by Crippen LogP contribution is -2.43. The van der Waals surface area contributed by atoms with Gasteiger partial charge in [0, 0.05) is 5.48 Å². The first-order valence-corrected chi connectivity index (χ1v) is 24.3. The topological polar surface area (TPSA) is 28.5 Å². The summed E-state index contributed by atoms with van der Waals surface area (Å²) in [6.07, 6.45) is 56.8. The molecule has 12 aliphatic carbocycles. The van der Waals surface area contributed by atoms with Crippen LogP contribution in [0.2, 0.25) is 0 Å². The lowest BCUT2D eigenvalue weighted by atomic mass is 9.54. The summed E-state index contributed by atoms with van der Waals surface area (Å²) in [6, 6.07) is 0. The number of hydrogen-bond donors (Lipinski definition) is 0. The van der Waals surface area contributed by atoms with E-state index < -0.39 is 0 Å². The SMILES string of the molecule is C1=C[C@H]2CC[C@H]3[C@@H](CCC4CCCC[C@@H]43)[C@@H]2C1.C1=C[C@H]2CC[C@H]3[C@@H](CCC4CCCC[C@@H]43)[C@@H]2C1.C1=C[C@H]2CC[C@H]3[C@@H](CCC4CCCC[C@@H]43)[C@@H]2C1.[O]. The van der Waals surface area contributed by atoms with Crippen molar-refractivity contribution >= 4 is 0 Å². The Hall–Kier alpha value is -0.820. The van der Waals surface area contributed by atoms with Gasteiger partial charge in [0.1, 0.15) is 0 Å². The van der Waals surface area contributed by atoms with Gasteiger partial charge in [0.2, 0.25) is 0 Å². The van der Waals surface area contributed by atoms with Gasteiger partial charge in [0.05, 0.1) is 0 Å². The highest BCUT2D eigenvalue weighted by atomic mass is 16.0. The maximum atomic E-state index is 2.55. The van der Waals surface area contributed by atoms with E-state index in [0.29, 0.717) is 0 Å². The second-order valence-electron chi connectivity index (χ2n) is 21.5. The zero-order chi connectivity index (χ0) is 33.7. The fourth-order valence-electron chi connectivity index (χ4n) is 17.9. The average molecular weight is 707 g/mol. The van der Waals surface area contributed by atoms with Crippen LogP contribution in [0.5, 0.6) is 0 Å². The van der Waals surface area contributed by atoms with Crippen LogP contribution in [0.3, 0.4) is 0 Å². The molecule has 18 atom stereocenters. The van der Waals surface area contributed by atoms with Crippen molar-refractivity contribution < 1.29 is 5.48 Å². The van der Waals surface area contributed by atoms with Crippen molar-refractivity contribution in [2.75, 3.05) is 0 Å². The van der Waals surface area contributed by atoms with Gasteiger partial charge in [0.25, 0.3) is 0 Å². The molecule has 0 bridgehead atoms. The van der Waals surface area contributed by atoms with Crippen molar-refractivity contribution in [1.82, 2.24) is 0 Å². The van der Waals surface area contributed by atoms with Crippen LogP contribution in [0.15, 0.2) is 36.5 Å². The first-order valence-electron chi connectivity index (χ1n) is 24.3. The van der Waals surface area contributed by atoms with E-state index in [1.165, 1.54) is 77.0 Å². The van der Waals surface area contributed by atoms with Crippen LogP contribution in [-0.2, 0) is 5.48 Å². The normalized spacial score (nSPS) is 51.7. The first kappa shape index (κ1) is 36.8. The van der Waals surface area contributed by atoms with Crippen LogP contribution in [0.4, 0.5) is 0 Å². The Labute approximate surface area is 320 Å². The van der Waals surface area contributed by atoms with Crippen LogP contribution < -0.4 is 0 Å². The predicted molar refractivity (Wildman–Crippen MR) is 216 cm³/mol. The van der Waals surface area contributed by atoms with E-state index in [9.17, 15) is 0 Å². The van der Waals surface area contributed by atoms with Crippen molar-refractivity contribution in [3.05, 3.63) is 36.5 Å². The molecule has 0 amide bonds. The fraction of sp³-hybridized carbons (Fsp3) is 0.882. The molecular formula is C51H78O. The Balaban J connectivity index is 0.000000103. The maximum absolute atomic E-state index is 2.55. The van der Waals surface area contributed by atoms with Crippen molar-refractivity contribution in [3.63, 3.8) is 0 Å².